The quantitative estimate of drug-likeness (QED) is 0.235. The van der Waals surface area contributed by atoms with Gasteiger partial charge in [0.15, 0.2) is 0 Å². The Kier molecular flexibility index (Phi) is 8.17. The first kappa shape index (κ1) is 30.4. The summed E-state index contributed by atoms with van der Waals surface area (Å²) in [5, 5.41) is 5.48. The van der Waals surface area contributed by atoms with Crippen LogP contribution < -0.4 is 25.8 Å². The van der Waals surface area contributed by atoms with Crippen molar-refractivity contribution < 1.29 is 27.5 Å². The van der Waals surface area contributed by atoms with Gasteiger partial charge in [0, 0.05) is 53.0 Å². The first-order chi connectivity index (χ1) is 21.5. The first-order valence-electron chi connectivity index (χ1n) is 14.2. The number of anilines is 3. The minimum atomic E-state index is -4.56. The predicted molar refractivity (Wildman–Crippen MR) is 168 cm³/mol. The number of carbonyl (C=O) groups excluding carboxylic acids is 2. The molecule has 12 heteroatoms. The number of aromatic nitrogens is 1. The molecule has 2 aliphatic heterocycles. The van der Waals surface area contributed by atoms with Crippen molar-refractivity contribution in [3.63, 3.8) is 0 Å². The summed E-state index contributed by atoms with van der Waals surface area (Å²) >= 11 is 3.42. The number of carbonyl (C=O) groups is 2. The predicted octanol–water partition coefficient (Wildman–Crippen LogP) is 6.77. The van der Waals surface area contributed by atoms with Gasteiger partial charge in [0.25, 0.3) is 17.4 Å². The summed E-state index contributed by atoms with van der Waals surface area (Å²) < 4.78 is 47.4. The largest absolute Gasteiger partial charge is 0.497 e. The molecule has 1 aromatic heterocycles. The van der Waals surface area contributed by atoms with E-state index in [1.54, 1.807) is 42.5 Å². The van der Waals surface area contributed by atoms with Crippen molar-refractivity contribution in [1.29, 1.82) is 0 Å². The molecule has 0 radical (unpaired) electrons. The van der Waals surface area contributed by atoms with E-state index in [1.807, 2.05) is 10.6 Å². The van der Waals surface area contributed by atoms with Gasteiger partial charge < -0.3 is 24.8 Å². The van der Waals surface area contributed by atoms with Gasteiger partial charge >= 0.3 is 6.18 Å². The average molecular weight is 682 g/mol. The van der Waals surface area contributed by atoms with Gasteiger partial charge in [-0.25, -0.2) is 0 Å². The highest BCUT2D eigenvalue weighted by atomic mass is 79.9. The number of hydrogen-bond acceptors (Lipinski definition) is 5. The summed E-state index contributed by atoms with van der Waals surface area (Å²) in [5.74, 6) is -0.326. The third-order valence-corrected chi connectivity index (χ3v) is 8.88. The van der Waals surface area contributed by atoms with Crippen molar-refractivity contribution in [2.75, 3.05) is 35.7 Å². The van der Waals surface area contributed by atoms with Crippen LogP contribution in [0.1, 0.15) is 44.3 Å². The van der Waals surface area contributed by atoms with Crippen LogP contribution in [-0.4, -0.2) is 36.6 Å². The summed E-state index contributed by atoms with van der Waals surface area (Å²) in [6, 6.07) is 19.5. The van der Waals surface area contributed by atoms with E-state index in [0.29, 0.717) is 46.8 Å². The van der Waals surface area contributed by atoms with Gasteiger partial charge in [-0.15, -0.1) is 0 Å². The number of halogens is 4. The molecule has 0 saturated carbocycles. The molecule has 2 bridgehead atoms. The van der Waals surface area contributed by atoms with E-state index in [9.17, 15) is 27.6 Å². The number of nitrogens with one attached hydrogen (secondary N) is 2. The molecule has 3 aromatic carbocycles. The zero-order valence-corrected chi connectivity index (χ0v) is 25.6. The number of methoxy groups -OCH3 is 1. The molecule has 2 atom stereocenters. The number of amides is 2. The highest BCUT2D eigenvalue weighted by Crippen LogP contribution is 2.40. The van der Waals surface area contributed by atoms with E-state index < -0.39 is 23.6 Å². The Hall–Kier alpha value is -4.58. The Morgan fingerprint density at radius 2 is 1.71 bits per heavy atom. The van der Waals surface area contributed by atoms with Crippen molar-refractivity contribution in [3.05, 3.63) is 116 Å². The van der Waals surface area contributed by atoms with Gasteiger partial charge in [-0.3, -0.25) is 14.4 Å². The third-order valence-electron chi connectivity index (χ3n) is 8.19. The maximum Gasteiger partial charge on any atom is 0.416 e. The van der Waals surface area contributed by atoms with Crippen LogP contribution in [0.2, 0.25) is 0 Å². The monoisotopic (exact) mass is 680 g/mol. The van der Waals surface area contributed by atoms with Crippen molar-refractivity contribution in [2.45, 2.75) is 25.1 Å². The lowest BCUT2D eigenvalue weighted by molar-refractivity contribution is -0.137. The number of rotatable bonds is 6. The normalized spacial score (nSPS) is 17.3. The number of pyridine rings is 1. The van der Waals surface area contributed by atoms with Gasteiger partial charge in [-0.2, -0.15) is 13.2 Å². The smallest absolute Gasteiger partial charge is 0.416 e. The Morgan fingerprint density at radius 1 is 0.911 bits per heavy atom. The van der Waals surface area contributed by atoms with Crippen LogP contribution in [0.15, 0.2) is 88.1 Å². The molecule has 2 amide bonds. The van der Waals surface area contributed by atoms with Crippen LogP contribution in [-0.2, 0) is 12.7 Å². The number of benzene rings is 3. The summed E-state index contributed by atoms with van der Waals surface area (Å²) in [4.78, 5) is 41.5. The molecule has 232 valence electrons. The fourth-order valence-corrected chi connectivity index (χ4v) is 6.54. The summed E-state index contributed by atoms with van der Waals surface area (Å²) in [6.07, 6.45) is -3.63. The zero-order chi connectivity index (χ0) is 31.9. The second-order valence-corrected chi connectivity index (χ2v) is 12.0. The number of nitrogens with zero attached hydrogens (tertiary/aromatic N) is 2. The van der Waals surface area contributed by atoms with Gasteiger partial charge in [0.05, 0.1) is 29.6 Å². The van der Waals surface area contributed by atoms with Crippen LogP contribution in [0.3, 0.4) is 0 Å². The van der Waals surface area contributed by atoms with E-state index in [1.165, 1.54) is 25.3 Å². The van der Waals surface area contributed by atoms with Crippen LogP contribution in [0.5, 0.6) is 5.75 Å². The number of ether oxygens (including phenoxy) is 1. The molecule has 4 aromatic rings. The molecule has 2 aliphatic rings. The van der Waals surface area contributed by atoms with Crippen molar-refractivity contribution in [2.24, 2.45) is 5.92 Å². The molecule has 1 fully saturated rings. The lowest BCUT2D eigenvalue weighted by Crippen LogP contribution is -2.47. The Labute approximate surface area is 264 Å². The molecule has 0 spiro atoms. The maximum atomic E-state index is 13.6. The Balaban J connectivity index is 1.34. The van der Waals surface area contributed by atoms with Gasteiger partial charge in [-0.1, -0.05) is 12.1 Å². The molecular weight excluding hydrogens is 653 g/mol. The third kappa shape index (κ3) is 6.32. The highest BCUT2D eigenvalue weighted by molar-refractivity contribution is 9.10. The molecule has 8 nitrogen and oxygen atoms in total. The number of alkyl halides is 3. The molecule has 1 saturated heterocycles. The minimum absolute atomic E-state index is 0.0115. The molecule has 2 N–H and O–H groups in total. The van der Waals surface area contributed by atoms with Crippen LogP contribution >= 0.6 is 15.9 Å². The van der Waals surface area contributed by atoms with E-state index in [-0.39, 0.29) is 28.6 Å². The van der Waals surface area contributed by atoms with Crippen LogP contribution in [0.4, 0.5) is 30.2 Å². The van der Waals surface area contributed by atoms with Gasteiger partial charge in [-0.05, 0) is 88.9 Å². The summed E-state index contributed by atoms with van der Waals surface area (Å²) in [7, 11) is 1.50. The number of hydrogen-bond donors (Lipinski definition) is 2. The van der Waals surface area contributed by atoms with Crippen molar-refractivity contribution >= 4 is 44.8 Å². The lowest BCUT2D eigenvalue weighted by Gasteiger charge is -2.44. The van der Waals surface area contributed by atoms with Gasteiger partial charge in [0.2, 0.25) is 0 Å². The first-order valence-corrected chi connectivity index (χ1v) is 15.0. The standard InChI is InChI=1S/C33H28BrF3N4O4/c1-45-24-9-10-26(34)25(15-24)32(44)39-27-13-20(31(43)38-23-5-2-4-22(14-23)33(35,36)37)8-11-29(27)40-16-19-12-21(18-40)28-6-3-7-30(42)41(28)17-19/h2-11,13-15,19,21H,12,16-18H2,1H3,(H,38,43)(H,39,44). The SMILES string of the molecule is COc1ccc(Br)c(C(=O)Nc2cc(C(=O)Nc3cccc(C(F)(F)F)c3)ccc2N2CC3CC(C2)c2cccc(=O)n2C3)c1. The van der Waals surface area contributed by atoms with E-state index in [2.05, 4.69) is 31.5 Å². The Morgan fingerprint density at radius 3 is 2.49 bits per heavy atom. The fourth-order valence-electron chi connectivity index (χ4n) is 6.12. The molecular formula is C33H28BrF3N4O4. The number of fused-ring (bicyclic) bond motifs is 4. The highest BCUT2D eigenvalue weighted by Gasteiger charge is 2.35. The second-order valence-electron chi connectivity index (χ2n) is 11.2. The molecule has 0 aliphatic carbocycles. The van der Waals surface area contributed by atoms with Crippen LogP contribution in [0.25, 0.3) is 0 Å². The van der Waals surface area contributed by atoms with Crippen molar-refractivity contribution in [1.82, 2.24) is 4.57 Å². The van der Waals surface area contributed by atoms with Crippen LogP contribution in [0, 0.1) is 5.92 Å². The molecule has 6 rings (SSSR count). The zero-order valence-electron chi connectivity index (χ0n) is 24.0. The fraction of sp³-hybridized carbons (Fsp3) is 0.242. The van der Waals surface area contributed by atoms with Gasteiger partial charge in [0.1, 0.15) is 5.75 Å². The topological polar surface area (TPSA) is 92.7 Å². The molecule has 3 heterocycles. The van der Waals surface area contributed by atoms with E-state index in [0.717, 1.165) is 24.2 Å². The lowest BCUT2D eigenvalue weighted by atomic mass is 9.83. The second kappa shape index (κ2) is 12.1. The summed E-state index contributed by atoms with van der Waals surface area (Å²) in [5.41, 5.74) is 1.54. The molecule has 45 heavy (non-hydrogen) atoms. The average Bonchev–Trinajstić information content (AvgIpc) is 3.01. The van der Waals surface area contributed by atoms with E-state index in [4.69, 9.17) is 4.74 Å². The van der Waals surface area contributed by atoms with Crippen molar-refractivity contribution in [3.8, 4) is 5.75 Å². The Bertz CT molecular complexity index is 1860. The molecule has 2 unspecified atom stereocenters. The number of piperidine rings is 1. The van der Waals surface area contributed by atoms with E-state index >= 15 is 0 Å². The minimum Gasteiger partial charge on any atom is -0.497 e. The summed E-state index contributed by atoms with van der Waals surface area (Å²) in [6.45, 7) is 1.79. The maximum absolute atomic E-state index is 13.6.